The number of nitrogens with one attached hydrogen (secondary N) is 1. The number of aromatic hydroxyl groups is 1. The van der Waals surface area contributed by atoms with Crippen LogP contribution in [0.3, 0.4) is 0 Å². The fourth-order valence-electron chi connectivity index (χ4n) is 4.10. The molecule has 0 aliphatic heterocycles. The van der Waals surface area contributed by atoms with Crippen LogP contribution < -0.4 is 5.32 Å². The van der Waals surface area contributed by atoms with Gasteiger partial charge in [-0.15, -0.1) is 0 Å². The molecule has 1 saturated carbocycles. The topological polar surface area (TPSA) is 52.5 Å². The van der Waals surface area contributed by atoms with Crippen LogP contribution in [0.5, 0.6) is 5.75 Å². The molecule has 3 unspecified atom stereocenters. The molecule has 0 bridgehead atoms. The van der Waals surface area contributed by atoms with E-state index < -0.39 is 5.60 Å². The van der Waals surface area contributed by atoms with Crippen LogP contribution >= 0.6 is 0 Å². The zero-order chi connectivity index (χ0) is 14.9. The number of hydrogen-bond donors (Lipinski definition) is 3. The lowest BCUT2D eigenvalue weighted by Crippen LogP contribution is -2.45. The van der Waals surface area contributed by atoms with E-state index >= 15 is 0 Å². The zero-order valence-corrected chi connectivity index (χ0v) is 12.9. The largest absolute Gasteiger partial charge is 0.508 e. The number of phenolic OH excluding ortho intramolecular Hbond substituents is 1. The number of aryl methyl sites for hydroxylation is 1. The molecule has 21 heavy (non-hydrogen) atoms. The van der Waals surface area contributed by atoms with Gasteiger partial charge < -0.3 is 15.5 Å². The summed E-state index contributed by atoms with van der Waals surface area (Å²) in [5.74, 6) is 0.959. The van der Waals surface area contributed by atoms with E-state index in [1.54, 1.807) is 6.07 Å². The van der Waals surface area contributed by atoms with Crippen molar-refractivity contribution in [2.45, 2.75) is 63.5 Å². The van der Waals surface area contributed by atoms with Crippen LogP contribution in [0.1, 0.15) is 62.6 Å². The predicted octanol–water partition coefficient (Wildman–Crippen LogP) is 3.30. The van der Waals surface area contributed by atoms with E-state index in [0.29, 0.717) is 18.2 Å². The fraction of sp³-hybridized carbons (Fsp3) is 0.667. The maximum absolute atomic E-state index is 10.8. The quantitative estimate of drug-likeness (QED) is 0.800. The minimum Gasteiger partial charge on any atom is -0.508 e. The van der Waals surface area contributed by atoms with Gasteiger partial charge in [0.1, 0.15) is 5.75 Å². The van der Waals surface area contributed by atoms with Gasteiger partial charge in [-0.05, 0) is 61.3 Å². The van der Waals surface area contributed by atoms with Crippen LogP contribution in [0.15, 0.2) is 18.2 Å². The van der Waals surface area contributed by atoms with Gasteiger partial charge in [0.2, 0.25) is 0 Å². The van der Waals surface area contributed by atoms with E-state index in [1.807, 2.05) is 12.1 Å². The molecule has 3 heteroatoms. The highest BCUT2D eigenvalue weighted by Crippen LogP contribution is 2.35. The van der Waals surface area contributed by atoms with Crippen molar-refractivity contribution in [1.29, 1.82) is 0 Å². The number of rotatable bonds is 3. The Bertz CT molecular complexity index is 502. The lowest BCUT2D eigenvalue weighted by Gasteiger charge is -2.37. The molecule has 0 aromatic heterocycles. The van der Waals surface area contributed by atoms with E-state index in [4.69, 9.17) is 0 Å². The molecule has 2 aliphatic rings. The summed E-state index contributed by atoms with van der Waals surface area (Å²) in [5.41, 5.74) is 2.00. The van der Waals surface area contributed by atoms with E-state index in [0.717, 1.165) is 32.1 Å². The highest BCUT2D eigenvalue weighted by atomic mass is 16.3. The number of benzene rings is 1. The van der Waals surface area contributed by atoms with Crippen molar-refractivity contribution in [1.82, 2.24) is 5.32 Å². The van der Waals surface area contributed by atoms with Crippen LogP contribution in [0.4, 0.5) is 0 Å². The third-order valence-corrected chi connectivity index (χ3v) is 5.19. The predicted molar refractivity (Wildman–Crippen MR) is 84.4 cm³/mol. The Kier molecular flexibility index (Phi) is 4.23. The second kappa shape index (κ2) is 5.98. The lowest BCUT2D eigenvalue weighted by atomic mass is 9.78. The Morgan fingerprint density at radius 1 is 1.29 bits per heavy atom. The molecule has 1 fully saturated rings. The maximum Gasteiger partial charge on any atom is 0.115 e. The highest BCUT2D eigenvalue weighted by molar-refractivity contribution is 5.38. The van der Waals surface area contributed by atoms with Crippen molar-refractivity contribution in [2.75, 3.05) is 6.54 Å². The average molecular weight is 289 g/mol. The Balaban J connectivity index is 1.68. The molecule has 2 aliphatic carbocycles. The molecule has 3 N–H and O–H groups in total. The average Bonchev–Trinajstić information content (AvgIpc) is 2.45. The maximum atomic E-state index is 10.8. The second-order valence-corrected chi connectivity index (χ2v) is 7.13. The molecule has 3 rings (SSSR count). The van der Waals surface area contributed by atoms with Gasteiger partial charge in [0, 0.05) is 12.6 Å². The third-order valence-electron chi connectivity index (χ3n) is 5.19. The SMILES string of the molecule is CC1CCCC(O)(CNC2CCCc3ccc(O)cc32)C1. The van der Waals surface area contributed by atoms with Gasteiger partial charge in [-0.1, -0.05) is 25.8 Å². The first-order valence-electron chi connectivity index (χ1n) is 8.33. The minimum absolute atomic E-state index is 0.266. The number of aliphatic hydroxyl groups is 1. The highest BCUT2D eigenvalue weighted by Gasteiger charge is 2.33. The van der Waals surface area contributed by atoms with Crippen molar-refractivity contribution >= 4 is 0 Å². The van der Waals surface area contributed by atoms with Gasteiger partial charge in [0.25, 0.3) is 0 Å². The summed E-state index contributed by atoms with van der Waals surface area (Å²) >= 11 is 0. The molecular weight excluding hydrogens is 262 g/mol. The van der Waals surface area contributed by atoms with Crippen LogP contribution in [0.25, 0.3) is 0 Å². The van der Waals surface area contributed by atoms with Crippen LogP contribution in [-0.4, -0.2) is 22.4 Å². The minimum atomic E-state index is -0.550. The second-order valence-electron chi connectivity index (χ2n) is 7.13. The summed E-state index contributed by atoms with van der Waals surface area (Å²) in [6, 6.07) is 5.97. The monoisotopic (exact) mass is 289 g/mol. The van der Waals surface area contributed by atoms with Crippen molar-refractivity contribution in [2.24, 2.45) is 5.92 Å². The summed E-state index contributed by atoms with van der Waals surface area (Å²) in [7, 11) is 0. The summed E-state index contributed by atoms with van der Waals surface area (Å²) in [6.07, 6.45) is 7.52. The van der Waals surface area contributed by atoms with Crippen molar-refractivity contribution in [3.63, 3.8) is 0 Å². The Labute approximate surface area is 127 Å². The molecule has 0 amide bonds. The van der Waals surface area contributed by atoms with Crippen LogP contribution in [-0.2, 0) is 6.42 Å². The van der Waals surface area contributed by atoms with Crippen molar-refractivity contribution in [3.05, 3.63) is 29.3 Å². The number of phenols is 1. The first-order chi connectivity index (χ1) is 10.1. The van der Waals surface area contributed by atoms with Gasteiger partial charge in [-0.3, -0.25) is 0 Å². The summed E-state index contributed by atoms with van der Waals surface area (Å²) in [6.45, 7) is 2.90. The third kappa shape index (κ3) is 3.41. The molecular formula is C18H27NO2. The van der Waals surface area contributed by atoms with Gasteiger partial charge in [-0.2, -0.15) is 0 Å². The lowest BCUT2D eigenvalue weighted by molar-refractivity contribution is -0.0141. The molecule has 3 atom stereocenters. The van der Waals surface area contributed by atoms with Crippen molar-refractivity contribution in [3.8, 4) is 5.75 Å². The van der Waals surface area contributed by atoms with Gasteiger partial charge in [0.05, 0.1) is 5.60 Å². The Morgan fingerprint density at radius 2 is 2.14 bits per heavy atom. The molecule has 3 nitrogen and oxygen atoms in total. The summed E-state index contributed by atoms with van der Waals surface area (Å²) in [4.78, 5) is 0. The molecule has 1 aromatic carbocycles. The normalized spacial score (nSPS) is 32.7. The zero-order valence-electron chi connectivity index (χ0n) is 12.9. The van der Waals surface area contributed by atoms with Crippen LogP contribution in [0, 0.1) is 5.92 Å². The number of fused-ring (bicyclic) bond motifs is 1. The van der Waals surface area contributed by atoms with Gasteiger partial charge in [-0.25, -0.2) is 0 Å². The Morgan fingerprint density at radius 3 is 2.95 bits per heavy atom. The fourth-order valence-corrected chi connectivity index (χ4v) is 4.10. The first kappa shape index (κ1) is 14.9. The van der Waals surface area contributed by atoms with Gasteiger partial charge in [0.15, 0.2) is 0 Å². The van der Waals surface area contributed by atoms with E-state index in [9.17, 15) is 10.2 Å². The summed E-state index contributed by atoms with van der Waals surface area (Å²) in [5, 5.41) is 24.1. The molecule has 0 radical (unpaired) electrons. The smallest absolute Gasteiger partial charge is 0.115 e. The van der Waals surface area contributed by atoms with Crippen molar-refractivity contribution < 1.29 is 10.2 Å². The molecule has 0 heterocycles. The number of hydrogen-bond acceptors (Lipinski definition) is 3. The standard InChI is InChI=1S/C18H27NO2/c1-13-4-3-9-18(21,11-13)12-19-17-6-2-5-14-7-8-15(20)10-16(14)17/h7-8,10,13,17,19-21H,2-6,9,11-12H2,1H3. The first-order valence-corrected chi connectivity index (χ1v) is 8.33. The molecule has 116 valence electrons. The Hall–Kier alpha value is -1.06. The van der Waals surface area contributed by atoms with Crippen LogP contribution in [0.2, 0.25) is 0 Å². The molecule has 0 saturated heterocycles. The molecule has 0 spiro atoms. The van der Waals surface area contributed by atoms with E-state index in [-0.39, 0.29) is 6.04 Å². The summed E-state index contributed by atoms with van der Waals surface area (Å²) < 4.78 is 0. The van der Waals surface area contributed by atoms with E-state index in [2.05, 4.69) is 12.2 Å². The molecule has 1 aromatic rings. The van der Waals surface area contributed by atoms with Gasteiger partial charge >= 0.3 is 0 Å². The van der Waals surface area contributed by atoms with E-state index in [1.165, 1.54) is 24.0 Å².